The first-order chi connectivity index (χ1) is 9.08. The van der Waals surface area contributed by atoms with Crippen LogP contribution in [-0.4, -0.2) is 61.2 Å². The fourth-order valence-corrected chi connectivity index (χ4v) is 2.36. The van der Waals surface area contributed by atoms with E-state index in [0.717, 1.165) is 26.1 Å². The first-order valence-electron chi connectivity index (χ1n) is 7.34. The smallest absolute Gasteiger partial charge is 0.304 e. The fourth-order valence-electron chi connectivity index (χ4n) is 2.36. The van der Waals surface area contributed by atoms with Gasteiger partial charge in [-0.05, 0) is 46.2 Å². The highest BCUT2D eigenvalue weighted by molar-refractivity contribution is 5.66. The van der Waals surface area contributed by atoms with Gasteiger partial charge in [-0.3, -0.25) is 4.79 Å². The Kier molecular flexibility index (Phi) is 7.75. The van der Waals surface area contributed by atoms with E-state index in [9.17, 15) is 4.79 Å². The van der Waals surface area contributed by atoms with E-state index in [4.69, 9.17) is 5.11 Å². The second-order valence-corrected chi connectivity index (χ2v) is 5.65. The third-order valence-electron chi connectivity index (χ3n) is 3.64. The van der Waals surface area contributed by atoms with Crippen LogP contribution in [0.3, 0.4) is 0 Å². The second kappa shape index (κ2) is 9.10. The molecule has 0 aromatic rings. The molecule has 0 aromatic carbocycles. The van der Waals surface area contributed by atoms with Gasteiger partial charge < -0.3 is 14.9 Å². The summed E-state index contributed by atoms with van der Waals surface area (Å²) in [5.41, 5.74) is 1.57. The largest absolute Gasteiger partial charge is 0.481 e. The van der Waals surface area contributed by atoms with Gasteiger partial charge in [-0.2, -0.15) is 0 Å². The maximum absolute atomic E-state index is 10.7. The molecule has 1 N–H and O–H groups in total. The summed E-state index contributed by atoms with van der Waals surface area (Å²) in [5.74, 6) is -0.702. The quantitative estimate of drug-likeness (QED) is 0.651. The average molecular weight is 268 g/mol. The molecule has 1 aliphatic carbocycles. The van der Waals surface area contributed by atoms with Crippen molar-refractivity contribution >= 4 is 5.97 Å². The lowest BCUT2D eigenvalue weighted by Crippen LogP contribution is -2.34. The summed E-state index contributed by atoms with van der Waals surface area (Å²) >= 11 is 0. The molecule has 0 aromatic heterocycles. The van der Waals surface area contributed by atoms with E-state index in [2.05, 4.69) is 30.0 Å². The molecule has 0 fully saturated rings. The maximum atomic E-state index is 10.7. The van der Waals surface area contributed by atoms with Gasteiger partial charge in [0.25, 0.3) is 0 Å². The van der Waals surface area contributed by atoms with Crippen LogP contribution in [0, 0.1) is 0 Å². The Morgan fingerprint density at radius 3 is 2.58 bits per heavy atom. The fraction of sp³-hybridized carbons (Fsp3) is 0.800. The molecule has 0 spiro atoms. The number of carboxylic acids is 1. The van der Waals surface area contributed by atoms with Crippen molar-refractivity contribution < 1.29 is 9.90 Å². The van der Waals surface area contributed by atoms with Gasteiger partial charge in [-0.15, -0.1) is 0 Å². The van der Waals surface area contributed by atoms with Gasteiger partial charge in [-0.1, -0.05) is 11.6 Å². The van der Waals surface area contributed by atoms with Crippen molar-refractivity contribution in [3.8, 4) is 0 Å². The Labute approximate surface area is 117 Å². The summed E-state index contributed by atoms with van der Waals surface area (Å²) in [6, 6.07) is 0. The zero-order valence-electron chi connectivity index (χ0n) is 12.4. The van der Waals surface area contributed by atoms with Crippen LogP contribution >= 0.6 is 0 Å². The van der Waals surface area contributed by atoms with Crippen LogP contribution in [-0.2, 0) is 4.79 Å². The van der Waals surface area contributed by atoms with Crippen LogP contribution in [0.1, 0.15) is 38.5 Å². The maximum Gasteiger partial charge on any atom is 0.304 e. The molecule has 0 radical (unpaired) electrons. The van der Waals surface area contributed by atoms with Gasteiger partial charge in [0.2, 0.25) is 0 Å². The number of aliphatic carboxylic acids is 1. The second-order valence-electron chi connectivity index (χ2n) is 5.65. The molecule has 0 atom stereocenters. The minimum absolute atomic E-state index is 0.243. The number of hydrogen-bond acceptors (Lipinski definition) is 3. The first-order valence-corrected chi connectivity index (χ1v) is 7.34. The Hall–Kier alpha value is -0.870. The minimum atomic E-state index is -0.702. The molecule has 19 heavy (non-hydrogen) atoms. The third-order valence-corrected chi connectivity index (χ3v) is 3.64. The van der Waals surface area contributed by atoms with Crippen molar-refractivity contribution in [2.24, 2.45) is 0 Å². The summed E-state index contributed by atoms with van der Waals surface area (Å²) in [5, 5.41) is 8.81. The lowest BCUT2D eigenvalue weighted by Gasteiger charge is -2.24. The van der Waals surface area contributed by atoms with E-state index >= 15 is 0 Å². The molecule has 1 rings (SSSR count). The van der Waals surface area contributed by atoms with Crippen molar-refractivity contribution in [2.45, 2.75) is 38.5 Å². The van der Waals surface area contributed by atoms with E-state index in [1.165, 1.54) is 25.7 Å². The Balaban J connectivity index is 2.33. The monoisotopic (exact) mass is 268 g/mol. The van der Waals surface area contributed by atoms with Crippen LogP contribution < -0.4 is 0 Å². The summed E-state index contributed by atoms with van der Waals surface area (Å²) in [7, 11) is 4.11. The van der Waals surface area contributed by atoms with E-state index in [1.54, 1.807) is 5.57 Å². The first kappa shape index (κ1) is 16.2. The molecule has 0 saturated carbocycles. The lowest BCUT2D eigenvalue weighted by atomic mass is 9.97. The Bertz CT molecular complexity index is 301. The average Bonchev–Trinajstić information content (AvgIpc) is 2.38. The van der Waals surface area contributed by atoms with Crippen LogP contribution in [0.2, 0.25) is 0 Å². The highest BCUT2D eigenvalue weighted by Gasteiger charge is 2.10. The summed E-state index contributed by atoms with van der Waals surface area (Å²) < 4.78 is 0. The lowest BCUT2D eigenvalue weighted by molar-refractivity contribution is -0.137. The van der Waals surface area contributed by atoms with Gasteiger partial charge in [-0.25, -0.2) is 0 Å². The van der Waals surface area contributed by atoms with E-state index in [-0.39, 0.29) is 6.42 Å². The van der Waals surface area contributed by atoms with Crippen molar-refractivity contribution in [1.29, 1.82) is 0 Å². The number of carboxylic acid groups (broad SMARTS) is 1. The number of allylic oxidation sites excluding steroid dienone is 1. The molecule has 0 amide bonds. The van der Waals surface area contributed by atoms with Crippen LogP contribution in [0.25, 0.3) is 0 Å². The minimum Gasteiger partial charge on any atom is -0.481 e. The molecule has 4 nitrogen and oxygen atoms in total. The molecule has 1 aliphatic rings. The van der Waals surface area contributed by atoms with Crippen molar-refractivity contribution in [3.63, 3.8) is 0 Å². The molecular weight excluding hydrogens is 240 g/mol. The zero-order valence-corrected chi connectivity index (χ0v) is 12.4. The Morgan fingerprint density at radius 1 is 1.21 bits per heavy atom. The molecular formula is C15H28N2O2. The number of hydrogen-bond donors (Lipinski definition) is 1. The van der Waals surface area contributed by atoms with Gasteiger partial charge >= 0.3 is 5.97 Å². The van der Waals surface area contributed by atoms with Crippen LogP contribution in [0.5, 0.6) is 0 Å². The summed E-state index contributed by atoms with van der Waals surface area (Å²) in [6.07, 6.45) is 8.83. The Morgan fingerprint density at radius 2 is 2.00 bits per heavy atom. The van der Waals surface area contributed by atoms with E-state index < -0.39 is 5.97 Å². The molecule has 110 valence electrons. The number of rotatable bonds is 9. The molecule has 0 heterocycles. The number of likely N-dealkylation sites (N-methyl/N-ethyl adjacent to an activating group) is 1. The van der Waals surface area contributed by atoms with E-state index in [0.29, 0.717) is 6.54 Å². The van der Waals surface area contributed by atoms with Gasteiger partial charge in [0.05, 0.1) is 6.42 Å². The normalized spacial score (nSPS) is 15.9. The predicted octanol–water partition coefficient (Wildman–Crippen LogP) is 2.22. The van der Waals surface area contributed by atoms with Crippen LogP contribution in [0.15, 0.2) is 11.6 Å². The molecule has 4 heteroatoms. The number of carbonyl (C=O) groups is 1. The highest BCUT2D eigenvalue weighted by Crippen LogP contribution is 2.20. The van der Waals surface area contributed by atoms with Gasteiger partial charge in [0.1, 0.15) is 0 Å². The predicted molar refractivity (Wildman–Crippen MR) is 78.4 cm³/mol. The third kappa shape index (κ3) is 8.01. The summed E-state index contributed by atoms with van der Waals surface area (Å²) in [6.45, 7) is 3.59. The van der Waals surface area contributed by atoms with Gasteiger partial charge in [0.15, 0.2) is 0 Å². The SMILES string of the molecule is CN(C)CCN(CCC(=O)O)CCC1=CCCCC1. The number of nitrogens with zero attached hydrogens (tertiary/aromatic N) is 2. The molecule has 0 saturated heterocycles. The highest BCUT2D eigenvalue weighted by atomic mass is 16.4. The van der Waals surface area contributed by atoms with E-state index in [1.807, 2.05) is 0 Å². The summed E-state index contributed by atoms with van der Waals surface area (Å²) in [4.78, 5) is 15.1. The van der Waals surface area contributed by atoms with Crippen molar-refractivity contribution in [2.75, 3.05) is 40.3 Å². The standard InChI is InChI=1S/C15H28N2O2/c1-16(2)12-13-17(11-9-15(18)19)10-8-14-6-4-3-5-7-14/h6H,3-5,7-13H2,1-2H3,(H,18,19). The van der Waals surface area contributed by atoms with Crippen molar-refractivity contribution in [3.05, 3.63) is 11.6 Å². The van der Waals surface area contributed by atoms with Gasteiger partial charge in [0, 0.05) is 26.2 Å². The van der Waals surface area contributed by atoms with Crippen molar-refractivity contribution in [1.82, 2.24) is 9.80 Å². The topological polar surface area (TPSA) is 43.8 Å². The molecule has 0 aliphatic heterocycles. The zero-order chi connectivity index (χ0) is 14.1. The molecule has 0 bridgehead atoms. The van der Waals surface area contributed by atoms with Crippen LogP contribution in [0.4, 0.5) is 0 Å². The molecule has 0 unspecified atom stereocenters.